The highest BCUT2D eigenvalue weighted by Gasteiger charge is 2.31. The summed E-state index contributed by atoms with van der Waals surface area (Å²) in [5.74, 6) is 0.911. The Morgan fingerprint density at radius 1 is 1.20 bits per heavy atom. The first-order chi connectivity index (χ1) is 12.2. The molecule has 0 radical (unpaired) electrons. The van der Waals surface area contributed by atoms with Crippen molar-refractivity contribution >= 4 is 16.7 Å². The molecule has 5 rings (SSSR count). The van der Waals surface area contributed by atoms with E-state index in [0.29, 0.717) is 12.5 Å². The van der Waals surface area contributed by atoms with Gasteiger partial charge in [-0.05, 0) is 28.5 Å². The van der Waals surface area contributed by atoms with Gasteiger partial charge in [0.15, 0.2) is 0 Å². The number of benzene rings is 2. The lowest BCUT2D eigenvalue weighted by atomic mass is 10.0. The zero-order chi connectivity index (χ0) is 17.2. The molecule has 2 aromatic rings. The summed E-state index contributed by atoms with van der Waals surface area (Å²) >= 11 is 0. The number of nitrogens with one attached hydrogen (secondary N) is 1. The lowest BCUT2D eigenvalue weighted by Crippen LogP contribution is -2.63. The van der Waals surface area contributed by atoms with Gasteiger partial charge in [-0.1, -0.05) is 24.3 Å². The molecule has 1 amide bonds. The summed E-state index contributed by atoms with van der Waals surface area (Å²) in [4.78, 5) is 17.5. The molecular formula is C20H25N3O2. The number of piperazine rings is 3. The summed E-state index contributed by atoms with van der Waals surface area (Å²) in [6.45, 7) is 6.41. The molecule has 0 aromatic heterocycles. The normalized spacial score (nSPS) is 25.1. The van der Waals surface area contributed by atoms with E-state index in [9.17, 15) is 4.79 Å². The van der Waals surface area contributed by atoms with E-state index in [-0.39, 0.29) is 5.91 Å². The summed E-state index contributed by atoms with van der Waals surface area (Å²) in [6, 6.07) is 12.6. The van der Waals surface area contributed by atoms with Crippen LogP contribution in [-0.2, 0) is 11.2 Å². The number of carbonyl (C=O) groups is 1. The fraction of sp³-hybridized carbons (Fsp3) is 0.450. The molecule has 3 heterocycles. The molecule has 5 heteroatoms. The minimum atomic E-state index is 0.0907. The van der Waals surface area contributed by atoms with E-state index in [1.54, 1.807) is 7.11 Å². The highest BCUT2D eigenvalue weighted by atomic mass is 16.5. The minimum absolute atomic E-state index is 0.0907. The predicted octanol–water partition coefficient (Wildman–Crippen LogP) is 1.51. The van der Waals surface area contributed by atoms with Gasteiger partial charge in [-0.15, -0.1) is 0 Å². The Morgan fingerprint density at radius 2 is 2.04 bits per heavy atom. The molecule has 0 spiro atoms. The maximum atomic E-state index is 12.5. The Balaban J connectivity index is 1.41. The molecule has 3 aliphatic rings. The second kappa shape index (κ2) is 7.02. The van der Waals surface area contributed by atoms with Crippen molar-refractivity contribution in [3.63, 3.8) is 0 Å². The molecule has 2 aromatic carbocycles. The van der Waals surface area contributed by atoms with E-state index < -0.39 is 0 Å². The number of carbonyl (C=O) groups excluding carboxylic acids is 1. The third-order valence-electron chi connectivity index (χ3n) is 5.46. The van der Waals surface area contributed by atoms with Crippen LogP contribution >= 0.6 is 0 Å². The van der Waals surface area contributed by atoms with Gasteiger partial charge in [0.2, 0.25) is 5.91 Å². The summed E-state index contributed by atoms with van der Waals surface area (Å²) < 4.78 is 5.33. The maximum absolute atomic E-state index is 12.5. The first-order valence-electron chi connectivity index (χ1n) is 9.02. The molecule has 5 nitrogen and oxygen atoms in total. The number of hydrogen-bond acceptors (Lipinski definition) is 4. The molecular weight excluding hydrogens is 314 g/mol. The molecule has 132 valence electrons. The molecule has 3 saturated heterocycles. The van der Waals surface area contributed by atoms with E-state index in [0.717, 1.165) is 48.3 Å². The second-order valence-electron chi connectivity index (χ2n) is 6.98. The van der Waals surface area contributed by atoms with Crippen LogP contribution in [-0.4, -0.2) is 68.1 Å². The topological polar surface area (TPSA) is 44.8 Å². The number of ether oxygens (including phenoxy) is 1. The summed E-state index contributed by atoms with van der Waals surface area (Å²) in [7, 11) is 1.67. The zero-order valence-corrected chi connectivity index (χ0v) is 14.7. The molecule has 1 unspecified atom stereocenters. The van der Waals surface area contributed by atoms with Gasteiger partial charge >= 0.3 is 0 Å². The Hall–Kier alpha value is -2.11. The molecule has 0 aliphatic carbocycles. The quantitative estimate of drug-likeness (QED) is 0.897. The Bertz CT molecular complexity index is 769. The summed E-state index contributed by atoms with van der Waals surface area (Å²) in [5, 5.41) is 5.36. The van der Waals surface area contributed by atoms with Crippen LogP contribution in [0, 0.1) is 0 Å². The van der Waals surface area contributed by atoms with Crippen molar-refractivity contribution < 1.29 is 9.53 Å². The van der Waals surface area contributed by atoms with E-state index >= 15 is 0 Å². The van der Waals surface area contributed by atoms with Crippen LogP contribution in [0.2, 0.25) is 0 Å². The first-order valence-corrected chi connectivity index (χ1v) is 9.02. The minimum Gasteiger partial charge on any atom is -0.497 e. The van der Waals surface area contributed by atoms with E-state index in [2.05, 4.69) is 21.2 Å². The van der Waals surface area contributed by atoms with Gasteiger partial charge in [0.05, 0.1) is 13.5 Å². The number of rotatable bonds is 5. The third kappa shape index (κ3) is 3.48. The smallest absolute Gasteiger partial charge is 0.224 e. The number of hydrogen-bond donors (Lipinski definition) is 1. The van der Waals surface area contributed by atoms with Crippen molar-refractivity contribution in [3.8, 4) is 5.75 Å². The lowest BCUT2D eigenvalue weighted by Gasteiger charge is -2.47. The third-order valence-corrected chi connectivity index (χ3v) is 5.46. The van der Waals surface area contributed by atoms with Gasteiger partial charge in [-0.3, -0.25) is 14.6 Å². The van der Waals surface area contributed by atoms with E-state index in [1.807, 2.05) is 30.3 Å². The number of amides is 1. The average molecular weight is 339 g/mol. The fourth-order valence-electron chi connectivity index (χ4n) is 3.98. The Labute approximate surface area is 148 Å². The Morgan fingerprint density at radius 3 is 2.76 bits per heavy atom. The van der Waals surface area contributed by atoms with Crippen LogP contribution in [0.4, 0.5) is 0 Å². The zero-order valence-electron chi connectivity index (χ0n) is 14.7. The number of methoxy groups -OCH3 is 1. The average Bonchev–Trinajstić information content (AvgIpc) is 2.67. The van der Waals surface area contributed by atoms with Crippen LogP contribution in [0.3, 0.4) is 0 Å². The van der Waals surface area contributed by atoms with Crippen molar-refractivity contribution in [2.24, 2.45) is 0 Å². The van der Waals surface area contributed by atoms with Crippen LogP contribution in [0.5, 0.6) is 5.75 Å². The number of nitrogens with zero attached hydrogens (tertiary/aromatic N) is 2. The molecule has 25 heavy (non-hydrogen) atoms. The predicted molar refractivity (Wildman–Crippen MR) is 99.0 cm³/mol. The monoisotopic (exact) mass is 339 g/mol. The van der Waals surface area contributed by atoms with Crippen molar-refractivity contribution in [3.05, 3.63) is 42.0 Å². The largest absolute Gasteiger partial charge is 0.497 e. The van der Waals surface area contributed by atoms with Crippen molar-refractivity contribution in [2.45, 2.75) is 12.5 Å². The van der Waals surface area contributed by atoms with Crippen LogP contribution in [0.25, 0.3) is 10.8 Å². The molecule has 0 saturated carbocycles. The van der Waals surface area contributed by atoms with Crippen molar-refractivity contribution in [2.75, 3.05) is 46.4 Å². The van der Waals surface area contributed by atoms with Crippen molar-refractivity contribution in [1.82, 2.24) is 15.1 Å². The maximum Gasteiger partial charge on any atom is 0.224 e. The van der Waals surface area contributed by atoms with Crippen LogP contribution < -0.4 is 10.1 Å². The standard InChI is InChI=1S/C20H25N3O2/c1-25-18-6-5-15-3-2-4-16(19(15)12-18)11-20(24)21-13-17-14-22-7-9-23(17)10-8-22/h2-6,12,17H,7-11,13-14H2,1H3,(H,21,24). The van der Waals surface area contributed by atoms with E-state index in [4.69, 9.17) is 4.74 Å². The molecule has 3 fully saturated rings. The second-order valence-corrected chi connectivity index (χ2v) is 6.98. The summed E-state index contributed by atoms with van der Waals surface area (Å²) in [6.07, 6.45) is 0.404. The highest BCUT2D eigenvalue weighted by Crippen LogP contribution is 2.24. The van der Waals surface area contributed by atoms with Crippen LogP contribution in [0.1, 0.15) is 5.56 Å². The molecule has 2 bridgehead atoms. The molecule has 1 atom stereocenters. The van der Waals surface area contributed by atoms with Crippen molar-refractivity contribution in [1.29, 1.82) is 0 Å². The van der Waals surface area contributed by atoms with Crippen LogP contribution in [0.15, 0.2) is 36.4 Å². The highest BCUT2D eigenvalue weighted by molar-refractivity contribution is 5.91. The molecule has 1 N–H and O–H groups in total. The summed E-state index contributed by atoms with van der Waals surface area (Å²) in [5.41, 5.74) is 1.04. The van der Waals surface area contributed by atoms with Gasteiger partial charge in [-0.25, -0.2) is 0 Å². The lowest BCUT2D eigenvalue weighted by molar-refractivity contribution is -0.121. The van der Waals surface area contributed by atoms with E-state index in [1.165, 1.54) is 13.1 Å². The van der Waals surface area contributed by atoms with Gasteiger partial charge in [-0.2, -0.15) is 0 Å². The molecule has 3 aliphatic heterocycles. The Kier molecular flexibility index (Phi) is 4.59. The van der Waals surface area contributed by atoms with Gasteiger partial charge < -0.3 is 10.1 Å². The number of fused-ring (bicyclic) bond motifs is 4. The SMILES string of the molecule is COc1ccc2cccc(CC(=O)NCC3CN4CCN3CC4)c2c1. The first kappa shape index (κ1) is 16.4. The fourth-order valence-corrected chi connectivity index (χ4v) is 3.98. The van der Waals surface area contributed by atoms with Gasteiger partial charge in [0.25, 0.3) is 0 Å². The van der Waals surface area contributed by atoms with Gasteiger partial charge in [0.1, 0.15) is 5.75 Å². The van der Waals surface area contributed by atoms with Gasteiger partial charge in [0, 0.05) is 45.3 Å².